The zero-order valence-electron chi connectivity index (χ0n) is 17.5. The normalized spacial score (nSPS) is 26.6. The van der Waals surface area contributed by atoms with E-state index < -0.39 is 12.0 Å². The van der Waals surface area contributed by atoms with Crippen molar-refractivity contribution >= 4 is 33.5 Å². The summed E-state index contributed by atoms with van der Waals surface area (Å²) in [6.07, 6.45) is 3.68. The molecule has 0 radical (unpaired) electrons. The molecule has 4 aromatic rings. The third-order valence-electron chi connectivity index (χ3n) is 5.86. The van der Waals surface area contributed by atoms with E-state index >= 15 is 0 Å². The van der Waals surface area contributed by atoms with Gasteiger partial charge in [-0.05, 0) is 32.0 Å². The van der Waals surface area contributed by atoms with Gasteiger partial charge < -0.3 is 23.5 Å². The van der Waals surface area contributed by atoms with E-state index in [0.29, 0.717) is 23.2 Å². The van der Waals surface area contributed by atoms with E-state index in [1.165, 1.54) is 6.33 Å². The molecule has 6 rings (SSSR count). The Hall–Kier alpha value is -2.78. The van der Waals surface area contributed by atoms with E-state index in [2.05, 4.69) is 15.0 Å². The Morgan fingerprint density at radius 2 is 1.91 bits per heavy atom. The lowest BCUT2D eigenvalue weighted by Crippen LogP contribution is -2.34. The second-order valence-electron chi connectivity index (χ2n) is 8.40. The molecule has 0 N–H and O–H groups in total. The number of rotatable bonds is 4. The quantitative estimate of drug-likeness (QED) is 0.430. The lowest BCUT2D eigenvalue weighted by atomic mass is 10.1. The summed E-state index contributed by atoms with van der Waals surface area (Å²) in [4.78, 5) is 12.9. The summed E-state index contributed by atoms with van der Waals surface area (Å²) in [5, 5.41) is 2.18. The third kappa shape index (κ3) is 3.22. The summed E-state index contributed by atoms with van der Waals surface area (Å²) in [6, 6.07) is 11.7. The highest BCUT2D eigenvalue weighted by Gasteiger charge is 2.56. The first-order valence-corrected chi connectivity index (χ1v) is 10.8. The SMILES string of the molecule is CC1(C)O[C@@H]2[C@H](O1)[C@@H](COc1cccc3cccnc13)O[C@H]2n1ccc2c(Cl)ncnc21. The predicted octanol–water partition coefficient (Wildman–Crippen LogP) is 4.13. The van der Waals surface area contributed by atoms with Gasteiger partial charge >= 0.3 is 0 Å². The van der Waals surface area contributed by atoms with Gasteiger partial charge in [0.15, 0.2) is 12.0 Å². The Labute approximate surface area is 189 Å². The van der Waals surface area contributed by atoms with Crippen molar-refractivity contribution in [2.45, 2.75) is 44.2 Å². The fraction of sp³-hybridized carbons (Fsp3) is 0.348. The molecule has 0 aliphatic carbocycles. The molecule has 164 valence electrons. The number of aromatic nitrogens is 4. The van der Waals surface area contributed by atoms with Crippen molar-refractivity contribution in [3.8, 4) is 5.75 Å². The van der Waals surface area contributed by atoms with Gasteiger partial charge in [0.05, 0.1) is 5.39 Å². The largest absolute Gasteiger partial charge is 0.488 e. The van der Waals surface area contributed by atoms with Crippen molar-refractivity contribution in [2.24, 2.45) is 0 Å². The van der Waals surface area contributed by atoms with E-state index in [9.17, 15) is 0 Å². The van der Waals surface area contributed by atoms with Gasteiger partial charge in [-0.25, -0.2) is 9.97 Å². The smallest absolute Gasteiger partial charge is 0.164 e. The van der Waals surface area contributed by atoms with Crippen molar-refractivity contribution in [1.82, 2.24) is 19.5 Å². The van der Waals surface area contributed by atoms with Crippen LogP contribution in [0, 0.1) is 0 Å². The number of fused-ring (bicyclic) bond motifs is 3. The van der Waals surface area contributed by atoms with E-state index in [4.69, 9.17) is 30.5 Å². The maximum atomic E-state index is 6.41. The summed E-state index contributed by atoms with van der Waals surface area (Å²) >= 11 is 6.24. The van der Waals surface area contributed by atoms with Crippen molar-refractivity contribution < 1.29 is 18.9 Å². The van der Waals surface area contributed by atoms with Gasteiger partial charge in [-0.1, -0.05) is 29.8 Å². The summed E-state index contributed by atoms with van der Waals surface area (Å²) in [5.74, 6) is -0.0255. The van der Waals surface area contributed by atoms with Crippen LogP contribution >= 0.6 is 11.6 Å². The molecule has 0 amide bonds. The minimum Gasteiger partial charge on any atom is -0.488 e. The Kier molecular flexibility index (Phi) is 4.58. The number of hydrogen-bond donors (Lipinski definition) is 0. The molecule has 32 heavy (non-hydrogen) atoms. The molecule has 2 saturated heterocycles. The first kappa shape index (κ1) is 19.9. The zero-order chi connectivity index (χ0) is 21.9. The Morgan fingerprint density at radius 3 is 2.81 bits per heavy atom. The number of pyridine rings is 1. The van der Waals surface area contributed by atoms with Crippen molar-refractivity contribution in [2.75, 3.05) is 6.61 Å². The maximum Gasteiger partial charge on any atom is 0.164 e. The lowest BCUT2D eigenvalue weighted by molar-refractivity contribution is -0.198. The first-order chi connectivity index (χ1) is 15.5. The topological polar surface area (TPSA) is 80.5 Å². The van der Waals surface area contributed by atoms with Crippen molar-refractivity contribution in [3.05, 3.63) is 60.3 Å². The van der Waals surface area contributed by atoms with Gasteiger partial charge in [-0.3, -0.25) is 4.98 Å². The van der Waals surface area contributed by atoms with Crippen molar-refractivity contribution in [1.29, 1.82) is 0 Å². The minimum atomic E-state index is -0.730. The van der Waals surface area contributed by atoms with Crippen LogP contribution in [0.4, 0.5) is 0 Å². The van der Waals surface area contributed by atoms with E-state index in [1.807, 2.05) is 61.0 Å². The molecule has 0 saturated carbocycles. The molecular weight excluding hydrogens is 432 g/mol. The average Bonchev–Trinajstić information content (AvgIpc) is 3.44. The number of para-hydroxylation sites is 1. The zero-order valence-corrected chi connectivity index (χ0v) is 18.3. The van der Waals surface area contributed by atoms with Gasteiger partial charge in [0, 0.05) is 17.8 Å². The molecule has 1 aromatic carbocycles. The summed E-state index contributed by atoms with van der Waals surface area (Å²) in [6.45, 7) is 4.10. The number of halogens is 1. The number of nitrogens with zero attached hydrogens (tertiary/aromatic N) is 4. The van der Waals surface area contributed by atoms with Crippen LogP contribution in [0.15, 0.2) is 55.1 Å². The second kappa shape index (κ2) is 7.38. The number of ether oxygens (including phenoxy) is 4. The van der Waals surface area contributed by atoms with Crippen LogP contribution in [0.25, 0.3) is 21.9 Å². The van der Waals surface area contributed by atoms with E-state index in [-0.39, 0.29) is 18.3 Å². The van der Waals surface area contributed by atoms with Crippen LogP contribution in [-0.2, 0) is 14.2 Å². The molecule has 2 aliphatic rings. The van der Waals surface area contributed by atoms with Crippen LogP contribution < -0.4 is 4.74 Å². The van der Waals surface area contributed by atoms with Gasteiger partial charge in [-0.15, -0.1) is 0 Å². The molecule has 9 heteroatoms. The third-order valence-corrected chi connectivity index (χ3v) is 6.16. The van der Waals surface area contributed by atoms with E-state index in [1.54, 1.807) is 6.20 Å². The molecule has 2 aliphatic heterocycles. The second-order valence-corrected chi connectivity index (χ2v) is 8.75. The standard InChI is InChI=1S/C23H21ClN4O4/c1-23(2)31-18-16(11-29-15-7-3-5-13-6-4-9-25-17(13)15)30-22(19(18)32-23)28-10-8-14-20(24)26-12-27-21(14)28/h3-10,12,16,18-19,22H,11H2,1-2H3/t16-,18-,19-,22-/m1/s1. The molecule has 5 heterocycles. The summed E-state index contributed by atoms with van der Waals surface area (Å²) in [7, 11) is 0. The van der Waals surface area contributed by atoms with Crippen LogP contribution in [-0.4, -0.2) is 50.2 Å². The van der Waals surface area contributed by atoms with Crippen LogP contribution in [0.5, 0.6) is 5.75 Å². The van der Waals surface area contributed by atoms with E-state index in [0.717, 1.165) is 16.3 Å². The number of hydrogen-bond acceptors (Lipinski definition) is 7. The van der Waals surface area contributed by atoms with Gasteiger partial charge in [0.1, 0.15) is 53.3 Å². The van der Waals surface area contributed by atoms with Crippen LogP contribution in [0.1, 0.15) is 20.1 Å². The van der Waals surface area contributed by atoms with Gasteiger partial charge in [0.2, 0.25) is 0 Å². The Bertz CT molecular complexity index is 1300. The molecule has 0 unspecified atom stereocenters. The fourth-order valence-corrected chi connectivity index (χ4v) is 4.72. The molecule has 0 spiro atoms. The van der Waals surface area contributed by atoms with Crippen LogP contribution in [0.3, 0.4) is 0 Å². The lowest BCUT2D eigenvalue weighted by Gasteiger charge is -2.25. The monoisotopic (exact) mass is 452 g/mol. The van der Waals surface area contributed by atoms with Crippen LogP contribution in [0.2, 0.25) is 5.15 Å². The highest BCUT2D eigenvalue weighted by atomic mass is 35.5. The van der Waals surface area contributed by atoms with Gasteiger partial charge in [-0.2, -0.15) is 0 Å². The fourth-order valence-electron chi connectivity index (χ4n) is 4.53. The average molecular weight is 453 g/mol. The summed E-state index contributed by atoms with van der Waals surface area (Å²) in [5.41, 5.74) is 1.50. The maximum absolute atomic E-state index is 6.41. The highest BCUT2D eigenvalue weighted by molar-refractivity contribution is 6.33. The minimum absolute atomic E-state index is 0.293. The Balaban J connectivity index is 1.31. The summed E-state index contributed by atoms with van der Waals surface area (Å²) < 4.78 is 26.9. The van der Waals surface area contributed by atoms with Crippen molar-refractivity contribution in [3.63, 3.8) is 0 Å². The Morgan fingerprint density at radius 1 is 1.06 bits per heavy atom. The number of benzene rings is 1. The predicted molar refractivity (Wildman–Crippen MR) is 118 cm³/mol. The molecule has 3 aromatic heterocycles. The first-order valence-electron chi connectivity index (χ1n) is 10.4. The molecule has 0 bridgehead atoms. The highest BCUT2D eigenvalue weighted by Crippen LogP contribution is 2.44. The molecule has 8 nitrogen and oxygen atoms in total. The van der Waals surface area contributed by atoms with Gasteiger partial charge in [0.25, 0.3) is 0 Å². The molecule has 2 fully saturated rings. The molecular formula is C23H21ClN4O4. The molecule has 4 atom stereocenters.